The first-order valence-corrected chi connectivity index (χ1v) is 9.66. The normalized spacial score (nSPS) is 19.1. The summed E-state index contributed by atoms with van der Waals surface area (Å²) in [5.41, 5.74) is 2.04. The van der Waals surface area contributed by atoms with Crippen LogP contribution in [0.3, 0.4) is 0 Å². The van der Waals surface area contributed by atoms with Crippen LogP contribution >= 0.6 is 23.1 Å². The fourth-order valence-corrected chi connectivity index (χ4v) is 3.64. The number of amides is 1. The van der Waals surface area contributed by atoms with Crippen LogP contribution in [-0.4, -0.2) is 35.1 Å². The predicted molar refractivity (Wildman–Crippen MR) is 103 cm³/mol. The van der Waals surface area contributed by atoms with Gasteiger partial charge in [-0.2, -0.15) is 0 Å². The van der Waals surface area contributed by atoms with Crippen LogP contribution in [0.4, 0.5) is 0 Å². The second-order valence-electron chi connectivity index (χ2n) is 6.76. The fourth-order valence-electron chi connectivity index (χ4n) is 2.16. The number of hydrogen-bond donors (Lipinski definition) is 2. The van der Waals surface area contributed by atoms with Crippen LogP contribution in [0, 0.1) is 0 Å². The van der Waals surface area contributed by atoms with Gasteiger partial charge in [0, 0.05) is 17.6 Å². The molecule has 1 aliphatic heterocycles. The number of thiophene rings is 1. The molecule has 0 unspecified atom stereocenters. The number of nitrogens with two attached hydrogens (primary N) is 1. The van der Waals surface area contributed by atoms with Crippen molar-refractivity contribution in [3.8, 4) is 0 Å². The van der Waals surface area contributed by atoms with Gasteiger partial charge < -0.3 is 9.31 Å². The van der Waals surface area contributed by atoms with E-state index < -0.39 is 18.3 Å². The summed E-state index contributed by atoms with van der Waals surface area (Å²) >= 11 is 2.51. The molecule has 1 aromatic rings. The van der Waals surface area contributed by atoms with Gasteiger partial charge in [-0.05, 0) is 51.4 Å². The van der Waals surface area contributed by atoms with Crippen molar-refractivity contribution >= 4 is 47.3 Å². The molecule has 0 radical (unpaired) electrons. The Morgan fingerprint density at radius 2 is 1.88 bits per heavy atom. The van der Waals surface area contributed by atoms with Crippen LogP contribution in [-0.2, 0) is 14.1 Å². The predicted octanol–water partition coefficient (Wildman–Crippen LogP) is 2.65. The van der Waals surface area contributed by atoms with E-state index in [-0.39, 0.29) is 11.0 Å². The summed E-state index contributed by atoms with van der Waals surface area (Å²) in [4.78, 5) is 24.4. The summed E-state index contributed by atoms with van der Waals surface area (Å²) in [6, 6.07) is 3.54. The smallest absolute Gasteiger partial charge is 0.400 e. The number of carbonyl (C=O) groups excluding carboxylic acids is 2. The van der Waals surface area contributed by atoms with Gasteiger partial charge in [-0.1, -0.05) is 11.8 Å². The van der Waals surface area contributed by atoms with E-state index in [0.29, 0.717) is 10.6 Å². The van der Waals surface area contributed by atoms with Crippen LogP contribution in [0.1, 0.15) is 49.2 Å². The first-order chi connectivity index (χ1) is 11.6. The highest BCUT2D eigenvalue weighted by atomic mass is 32.2. The Balaban J connectivity index is 2.28. The minimum absolute atomic E-state index is 0.0248. The Labute approximate surface area is 156 Å². The summed E-state index contributed by atoms with van der Waals surface area (Å²) in [7, 11) is -0.536. The number of hydrogen-bond acceptors (Lipinski definition) is 7. The maximum atomic E-state index is 11.6. The Bertz CT molecular complexity index is 684. The van der Waals surface area contributed by atoms with Crippen LogP contribution in [0.5, 0.6) is 0 Å². The summed E-state index contributed by atoms with van der Waals surface area (Å²) in [6.07, 6.45) is 1.91. The number of thioether (sulfide) groups is 1. The maximum Gasteiger partial charge on any atom is 0.491 e. The number of nitrogen functional groups attached to an aromatic ring is 1. The summed E-state index contributed by atoms with van der Waals surface area (Å²) in [6.45, 7) is 9.46. The van der Waals surface area contributed by atoms with Gasteiger partial charge in [0.2, 0.25) is 0 Å². The molecule has 1 aromatic heterocycles. The van der Waals surface area contributed by atoms with Crippen molar-refractivity contribution in [2.24, 2.45) is 5.84 Å². The van der Waals surface area contributed by atoms with Gasteiger partial charge in [0.15, 0.2) is 5.12 Å². The van der Waals surface area contributed by atoms with E-state index in [9.17, 15) is 9.59 Å². The Hall–Kier alpha value is -1.13. The molecule has 0 atom stereocenters. The SMILES string of the molecule is CC(=O)SCC(=Cc1ccc(C(=O)NN)s1)B1OC(C)(C)C(C)(C)O1. The average molecular weight is 382 g/mol. The average Bonchev–Trinajstić information content (AvgIpc) is 3.05. The van der Waals surface area contributed by atoms with Crippen molar-refractivity contribution in [2.75, 3.05) is 5.75 Å². The first kappa shape index (κ1) is 20.2. The third-order valence-electron chi connectivity index (χ3n) is 4.31. The van der Waals surface area contributed by atoms with Crippen molar-refractivity contribution < 1.29 is 18.9 Å². The van der Waals surface area contributed by atoms with Crippen molar-refractivity contribution in [3.05, 3.63) is 27.4 Å². The number of hydrazine groups is 1. The minimum Gasteiger partial charge on any atom is -0.400 e. The lowest BCUT2D eigenvalue weighted by atomic mass is 9.79. The lowest BCUT2D eigenvalue weighted by molar-refractivity contribution is -0.109. The van der Waals surface area contributed by atoms with Gasteiger partial charge in [-0.25, -0.2) is 5.84 Å². The molecule has 1 fully saturated rings. The zero-order valence-electron chi connectivity index (χ0n) is 15.0. The van der Waals surface area contributed by atoms with Crippen LogP contribution in [0.25, 0.3) is 6.08 Å². The molecule has 9 heteroatoms. The van der Waals surface area contributed by atoms with Gasteiger partial charge in [-0.3, -0.25) is 15.0 Å². The highest BCUT2D eigenvalue weighted by Crippen LogP contribution is 2.39. The van der Waals surface area contributed by atoms with E-state index in [2.05, 4.69) is 5.43 Å². The quantitative estimate of drug-likeness (QED) is 0.352. The fraction of sp³-hybridized carbons (Fsp3) is 0.500. The van der Waals surface area contributed by atoms with E-state index in [1.807, 2.05) is 39.8 Å². The molecule has 0 bridgehead atoms. The second-order valence-corrected chi connectivity index (χ2v) is 9.03. The lowest BCUT2D eigenvalue weighted by Crippen LogP contribution is -2.41. The topological polar surface area (TPSA) is 90.7 Å². The molecule has 1 aliphatic rings. The molecule has 2 heterocycles. The van der Waals surface area contributed by atoms with Crippen molar-refractivity contribution in [1.29, 1.82) is 0 Å². The van der Waals surface area contributed by atoms with E-state index in [1.54, 1.807) is 6.07 Å². The maximum absolute atomic E-state index is 11.6. The molecule has 6 nitrogen and oxygen atoms in total. The van der Waals surface area contributed by atoms with Gasteiger partial charge in [-0.15, -0.1) is 11.3 Å². The molecule has 0 aromatic carbocycles. The largest absolute Gasteiger partial charge is 0.491 e. The highest BCUT2D eigenvalue weighted by molar-refractivity contribution is 8.13. The van der Waals surface area contributed by atoms with Gasteiger partial charge >= 0.3 is 7.12 Å². The molecule has 136 valence electrons. The Kier molecular flexibility index (Phi) is 6.16. The van der Waals surface area contributed by atoms with Gasteiger partial charge in [0.1, 0.15) is 0 Å². The molecule has 1 saturated heterocycles. The van der Waals surface area contributed by atoms with Crippen molar-refractivity contribution in [2.45, 2.75) is 45.8 Å². The lowest BCUT2D eigenvalue weighted by Gasteiger charge is -2.32. The molecule has 0 aliphatic carbocycles. The molecule has 1 amide bonds. The highest BCUT2D eigenvalue weighted by Gasteiger charge is 2.52. The van der Waals surface area contributed by atoms with Crippen LogP contribution in [0.2, 0.25) is 0 Å². The number of carbonyl (C=O) groups is 2. The number of nitrogens with one attached hydrogen (secondary N) is 1. The molecular weight excluding hydrogens is 359 g/mol. The van der Waals surface area contributed by atoms with Crippen molar-refractivity contribution in [3.63, 3.8) is 0 Å². The molecule has 25 heavy (non-hydrogen) atoms. The van der Waals surface area contributed by atoms with E-state index in [1.165, 1.54) is 30.0 Å². The number of rotatable bonds is 5. The third kappa shape index (κ3) is 4.74. The van der Waals surface area contributed by atoms with Crippen molar-refractivity contribution in [1.82, 2.24) is 5.43 Å². The Morgan fingerprint density at radius 3 is 2.40 bits per heavy atom. The zero-order chi connectivity index (χ0) is 18.8. The summed E-state index contributed by atoms with van der Waals surface area (Å²) in [5, 5.41) is 0.0248. The third-order valence-corrected chi connectivity index (χ3v) is 6.22. The van der Waals surface area contributed by atoms with Crippen LogP contribution in [0.15, 0.2) is 17.6 Å². The molecule has 0 spiro atoms. The van der Waals surface area contributed by atoms with E-state index >= 15 is 0 Å². The van der Waals surface area contributed by atoms with E-state index in [4.69, 9.17) is 15.2 Å². The van der Waals surface area contributed by atoms with E-state index in [0.717, 1.165) is 10.3 Å². The van der Waals surface area contributed by atoms with Crippen LogP contribution < -0.4 is 11.3 Å². The summed E-state index contributed by atoms with van der Waals surface area (Å²) < 4.78 is 12.2. The molecule has 2 rings (SSSR count). The zero-order valence-corrected chi connectivity index (χ0v) is 16.7. The monoisotopic (exact) mass is 382 g/mol. The molecule has 0 saturated carbocycles. The molecule has 3 N–H and O–H groups in total. The minimum atomic E-state index is -0.536. The second kappa shape index (κ2) is 7.63. The summed E-state index contributed by atoms with van der Waals surface area (Å²) in [5.74, 6) is 5.29. The van der Waals surface area contributed by atoms with Gasteiger partial charge in [0.25, 0.3) is 5.91 Å². The molecular formula is C16H23BN2O4S2. The standard InChI is InChI=1S/C16H23BN2O4S2/c1-10(20)24-9-11(17-22-15(2,3)16(4,5)23-17)8-12-6-7-13(25-12)14(21)19-18/h6-8H,9,18H2,1-5H3,(H,19,21). The first-order valence-electron chi connectivity index (χ1n) is 7.86. The van der Waals surface area contributed by atoms with Gasteiger partial charge in [0.05, 0.1) is 16.1 Å². The Morgan fingerprint density at radius 1 is 1.28 bits per heavy atom.